The summed E-state index contributed by atoms with van der Waals surface area (Å²) < 4.78 is 72.9. The molecule has 18 nitrogen and oxygen atoms in total. The highest BCUT2D eigenvalue weighted by Gasteiger charge is 2.27. The highest BCUT2D eigenvalue weighted by molar-refractivity contribution is 7.61. The van der Waals surface area contributed by atoms with Crippen LogP contribution in [0.15, 0.2) is 72.8 Å². The lowest BCUT2D eigenvalue weighted by Gasteiger charge is -2.13. The van der Waals surface area contributed by atoms with Gasteiger partial charge in [0.15, 0.2) is 22.5 Å². The fourth-order valence-corrected chi connectivity index (χ4v) is 8.37. The Bertz CT molecular complexity index is 2290. The van der Waals surface area contributed by atoms with Crippen molar-refractivity contribution >= 4 is 48.1 Å². The summed E-state index contributed by atoms with van der Waals surface area (Å²) in [5.74, 6) is 0.899. The fourth-order valence-electron chi connectivity index (χ4n) is 6.39. The maximum Gasteiger partial charge on any atom is 0.376 e. The molecule has 0 radical (unpaired) electrons. The molecule has 2 N–H and O–H groups in total. The predicted octanol–water partition coefficient (Wildman–Crippen LogP) is 5.07. The summed E-state index contributed by atoms with van der Waals surface area (Å²) in [6.07, 6.45) is 0.534. The number of hydrogen-bond donors (Lipinski definition) is 2. The maximum atomic E-state index is 12.9. The first kappa shape index (κ1) is 46.2. The summed E-state index contributed by atoms with van der Waals surface area (Å²) in [6.45, 7) is 6.86. The Balaban J connectivity index is 1.30. The van der Waals surface area contributed by atoms with Gasteiger partial charge in [-0.15, -0.1) is 0 Å². The van der Waals surface area contributed by atoms with Crippen LogP contribution in [0, 0.1) is 0 Å². The minimum atomic E-state index is -4.15. The summed E-state index contributed by atoms with van der Waals surface area (Å²) in [5, 5.41) is 0. The molecule has 0 bridgehead atoms. The second-order valence-corrected chi connectivity index (χ2v) is 17.0. The van der Waals surface area contributed by atoms with Crippen LogP contribution in [0.4, 0.5) is 0 Å². The summed E-state index contributed by atoms with van der Waals surface area (Å²) >= 11 is 0. The zero-order chi connectivity index (χ0) is 43.2. The van der Waals surface area contributed by atoms with Gasteiger partial charge in [0.05, 0.1) is 88.1 Å². The summed E-state index contributed by atoms with van der Waals surface area (Å²) in [6, 6.07) is 21.6. The van der Waals surface area contributed by atoms with Crippen molar-refractivity contribution in [1.29, 1.82) is 0 Å². The van der Waals surface area contributed by atoms with E-state index in [4.69, 9.17) is 47.4 Å². The van der Waals surface area contributed by atoms with Crippen molar-refractivity contribution in [3.63, 3.8) is 0 Å². The van der Waals surface area contributed by atoms with Crippen LogP contribution in [0.5, 0.6) is 0 Å². The fraction of sp³-hybridized carbons (Fsp3) is 0.415. The average Bonchev–Trinajstić information content (AvgIpc) is 3.80. The van der Waals surface area contributed by atoms with E-state index in [1.54, 1.807) is 52.3 Å². The van der Waals surface area contributed by atoms with E-state index in [9.17, 15) is 18.9 Å². The first-order valence-electron chi connectivity index (χ1n) is 19.8. The SMILES string of the molecule is CCOP(=O)(O)c1cccc(-c2nc3cc(Cc4ccc5c(c4)nc(-c4cccc(P(=O)(O)OCC)n4)n5COCCOCCOC)ccc3n2COCCOCCOC)n1. The van der Waals surface area contributed by atoms with E-state index in [0.717, 1.165) is 22.2 Å². The Kier molecular flexibility index (Phi) is 16.8. The van der Waals surface area contributed by atoms with Gasteiger partial charge in [-0.25, -0.2) is 19.9 Å². The lowest BCUT2D eigenvalue weighted by molar-refractivity contribution is 0.00598. The summed E-state index contributed by atoms with van der Waals surface area (Å²) in [4.78, 5) is 40.0. The van der Waals surface area contributed by atoms with Crippen LogP contribution in [0.2, 0.25) is 0 Å². The quantitative estimate of drug-likeness (QED) is 0.0538. The molecule has 0 aliphatic rings. The zero-order valence-electron chi connectivity index (χ0n) is 34.7. The molecule has 2 unspecified atom stereocenters. The largest absolute Gasteiger partial charge is 0.382 e. The van der Waals surface area contributed by atoms with Crippen molar-refractivity contribution in [2.75, 3.05) is 80.3 Å². The number of hydrogen-bond acceptors (Lipinski definition) is 14. The minimum Gasteiger partial charge on any atom is -0.382 e. The number of imidazole rings is 2. The van der Waals surface area contributed by atoms with Crippen LogP contribution in [0.3, 0.4) is 0 Å². The van der Waals surface area contributed by atoms with Crippen LogP contribution < -0.4 is 10.9 Å². The molecule has 0 saturated heterocycles. The van der Waals surface area contributed by atoms with Crippen molar-refractivity contribution in [2.45, 2.75) is 33.7 Å². The molecule has 4 aromatic heterocycles. The van der Waals surface area contributed by atoms with Gasteiger partial charge >= 0.3 is 15.2 Å². The van der Waals surface area contributed by atoms with E-state index in [-0.39, 0.29) is 37.5 Å². The van der Waals surface area contributed by atoms with Crippen molar-refractivity contribution in [3.05, 3.63) is 83.9 Å². The highest BCUT2D eigenvalue weighted by Crippen LogP contribution is 2.41. The second kappa shape index (κ2) is 22.2. The number of aromatic nitrogens is 6. The number of rotatable bonds is 26. The van der Waals surface area contributed by atoms with E-state index in [0.29, 0.717) is 93.3 Å². The normalized spacial score (nSPS) is 13.9. The standard InChI is InChI=1S/C41H52N6O12P2/c1-5-58-60(48,49)38-11-7-9-32(42-38)40-44-34-26-30(13-15-36(34)46(40)28-56-23-21-54-19-17-52-3)25-31-14-16-37-35(27-31)45-41(47(37)29-57-24-22-55-20-18-53-4)33-10-8-12-39(43-33)61(50,51)59-6-2/h7-16,26-27H,5-6,17-25,28-29H2,1-4H3,(H,48,49)(H,50,51). The molecule has 0 saturated carbocycles. The first-order chi connectivity index (χ1) is 29.6. The van der Waals surface area contributed by atoms with Crippen molar-refractivity contribution in [2.24, 2.45) is 0 Å². The molecule has 328 valence electrons. The molecule has 2 aromatic carbocycles. The molecule has 20 heteroatoms. The molecule has 61 heavy (non-hydrogen) atoms. The van der Waals surface area contributed by atoms with Gasteiger partial charge in [0.2, 0.25) is 0 Å². The molecule has 0 aliphatic heterocycles. The van der Waals surface area contributed by atoms with E-state index in [2.05, 4.69) is 9.97 Å². The van der Waals surface area contributed by atoms with Crippen molar-refractivity contribution in [1.82, 2.24) is 29.1 Å². The monoisotopic (exact) mass is 882 g/mol. The van der Waals surface area contributed by atoms with Gasteiger partial charge in [-0.05, 0) is 79.9 Å². The molecule has 0 aliphatic carbocycles. The molecule has 0 fully saturated rings. The van der Waals surface area contributed by atoms with E-state index < -0.39 is 15.2 Å². The summed E-state index contributed by atoms with van der Waals surface area (Å²) in [7, 11) is -5.07. The van der Waals surface area contributed by atoms with Gasteiger partial charge in [0.1, 0.15) is 24.8 Å². The Morgan fingerprint density at radius 1 is 0.541 bits per heavy atom. The first-order valence-corrected chi connectivity index (χ1v) is 22.9. The molecule has 0 amide bonds. The Morgan fingerprint density at radius 2 is 0.951 bits per heavy atom. The van der Waals surface area contributed by atoms with Crippen LogP contribution in [0.25, 0.3) is 45.1 Å². The number of pyridine rings is 2. The Morgan fingerprint density at radius 3 is 1.36 bits per heavy atom. The number of benzene rings is 2. The topological polar surface area (TPSA) is 210 Å². The smallest absolute Gasteiger partial charge is 0.376 e. The number of ether oxygens (including phenoxy) is 6. The van der Waals surface area contributed by atoms with Gasteiger partial charge in [0.25, 0.3) is 0 Å². The van der Waals surface area contributed by atoms with E-state index in [1.165, 1.54) is 12.1 Å². The molecule has 4 heterocycles. The van der Waals surface area contributed by atoms with Gasteiger partial charge in [-0.3, -0.25) is 18.3 Å². The molecule has 0 spiro atoms. The van der Waals surface area contributed by atoms with Crippen LogP contribution in [-0.2, 0) is 66.5 Å². The zero-order valence-corrected chi connectivity index (χ0v) is 36.5. The average molecular weight is 883 g/mol. The molecular formula is C41H52N6O12P2. The molecule has 6 rings (SSSR count). The molecular weight excluding hydrogens is 830 g/mol. The lowest BCUT2D eigenvalue weighted by atomic mass is 10.0. The number of fused-ring (bicyclic) bond motifs is 2. The summed E-state index contributed by atoms with van der Waals surface area (Å²) in [5.41, 5.74) is 5.42. The number of methoxy groups -OCH3 is 2. The molecule has 2 atom stereocenters. The van der Waals surface area contributed by atoms with Gasteiger partial charge < -0.3 is 47.3 Å². The minimum absolute atomic E-state index is 0.0479. The third-order valence-corrected chi connectivity index (χ3v) is 12.1. The van der Waals surface area contributed by atoms with Crippen LogP contribution in [0.1, 0.15) is 25.0 Å². The Hall–Kier alpha value is -4.26. The van der Waals surface area contributed by atoms with Gasteiger partial charge in [-0.2, -0.15) is 0 Å². The third kappa shape index (κ3) is 12.0. The lowest BCUT2D eigenvalue weighted by Crippen LogP contribution is -2.14. The Labute approximate surface area is 353 Å². The molecule has 6 aromatic rings. The van der Waals surface area contributed by atoms with Crippen molar-refractivity contribution in [3.8, 4) is 23.0 Å². The maximum absolute atomic E-state index is 12.9. The highest BCUT2D eigenvalue weighted by atomic mass is 31.2. The third-order valence-electron chi connectivity index (χ3n) is 9.20. The van der Waals surface area contributed by atoms with Crippen molar-refractivity contribution < 1.29 is 56.4 Å². The van der Waals surface area contributed by atoms with E-state index >= 15 is 0 Å². The number of nitrogens with zero attached hydrogens (tertiary/aromatic N) is 6. The van der Waals surface area contributed by atoms with E-state index in [1.807, 2.05) is 45.5 Å². The van der Waals surface area contributed by atoms with Gasteiger partial charge in [0, 0.05) is 14.2 Å². The van der Waals surface area contributed by atoms with Crippen LogP contribution >= 0.6 is 15.2 Å². The second-order valence-electron chi connectivity index (χ2n) is 13.5. The van der Waals surface area contributed by atoms with Gasteiger partial charge in [-0.1, -0.05) is 24.3 Å². The van der Waals surface area contributed by atoms with Crippen LogP contribution in [-0.4, -0.2) is 119 Å². The predicted molar refractivity (Wildman–Crippen MR) is 228 cm³/mol.